The van der Waals surface area contributed by atoms with Crippen molar-refractivity contribution in [3.63, 3.8) is 0 Å². The number of rotatable bonds is 6. The van der Waals surface area contributed by atoms with Crippen molar-refractivity contribution in [3.05, 3.63) is 34.9 Å². The molecule has 0 atom stereocenters. The fourth-order valence-corrected chi connectivity index (χ4v) is 2.03. The number of aryl methyl sites for hydroxylation is 1. The van der Waals surface area contributed by atoms with Gasteiger partial charge in [-0.15, -0.1) is 11.6 Å². The van der Waals surface area contributed by atoms with Crippen LogP contribution >= 0.6 is 27.5 Å². The van der Waals surface area contributed by atoms with Crippen LogP contribution < -0.4 is 0 Å². The van der Waals surface area contributed by atoms with Gasteiger partial charge in [-0.05, 0) is 37.0 Å². The Kier molecular flexibility index (Phi) is 6.60. The zero-order valence-corrected chi connectivity index (χ0v) is 12.2. The van der Waals surface area contributed by atoms with Crippen LogP contribution in [-0.2, 0) is 17.0 Å². The third-order valence-corrected chi connectivity index (χ3v) is 3.27. The van der Waals surface area contributed by atoms with Crippen molar-refractivity contribution in [1.29, 1.82) is 0 Å². The summed E-state index contributed by atoms with van der Waals surface area (Å²) in [6.45, 7) is 2.20. The molecule has 0 bridgehead atoms. The van der Waals surface area contributed by atoms with E-state index in [4.69, 9.17) is 16.3 Å². The summed E-state index contributed by atoms with van der Waals surface area (Å²) in [6, 6.07) is 5.75. The van der Waals surface area contributed by atoms with Gasteiger partial charge in [-0.25, -0.2) is 4.79 Å². The number of alkyl halides is 2. The van der Waals surface area contributed by atoms with E-state index in [2.05, 4.69) is 15.9 Å². The average Bonchev–Trinajstić information content (AvgIpc) is 2.36. The van der Waals surface area contributed by atoms with Crippen LogP contribution in [0.4, 0.5) is 0 Å². The number of halogens is 2. The molecule has 4 heteroatoms. The number of esters is 1. The Balaban J connectivity index is 2.98. The Morgan fingerprint density at radius 1 is 1.47 bits per heavy atom. The molecule has 0 heterocycles. The predicted octanol–water partition coefficient (Wildman–Crippen LogP) is 3.93. The zero-order chi connectivity index (χ0) is 12.7. The van der Waals surface area contributed by atoms with Gasteiger partial charge in [-0.1, -0.05) is 28.1 Å². The summed E-state index contributed by atoms with van der Waals surface area (Å²) in [5.74, 6) is 0.148. The molecular weight excluding hydrogens is 303 g/mol. The third-order valence-electron chi connectivity index (χ3n) is 2.40. The lowest BCUT2D eigenvalue weighted by Crippen LogP contribution is -2.09. The van der Waals surface area contributed by atoms with Crippen LogP contribution in [0.2, 0.25) is 0 Å². The molecule has 0 saturated heterocycles. The van der Waals surface area contributed by atoms with Crippen LogP contribution in [0.3, 0.4) is 0 Å². The van der Waals surface area contributed by atoms with Gasteiger partial charge in [0.05, 0.1) is 12.2 Å². The minimum absolute atomic E-state index is 0.260. The van der Waals surface area contributed by atoms with E-state index in [1.165, 1.54) is 0 Å². The average molecular weight is 320 g/mol. The fraction of sp³-hybridized carbons (Fsp3) is 0.462. The molecule has 1 rings (SSSR count). The molecule has 94 valence electrons. The van der Waals surface area contributed by atoms with Crippen molar-refractivity contribution in [1.82, 2.24) is 0 Å². The Hall–Kier alpha value is -0.540. The molecule has 0 N–H and O–H groups in total. The van der Waals surface area contributed by atoms with Gasteiger partial charge in [-0.2, -0.15) is 0 Å². The topological polar surface area (TPSA) is 26.3 Å². The molecule has 0 unspecified atom stereocenters. The molecule has 0 amide bonds. The van der Waals surface area contributed by atoms with E-state index >= 15 is 0 Å². The van der Waals surface area contributed by atoms with Gasteiger partial charge in [0.1, 0.15) is 0 Å². The van der Waals surface area contributed by atoms with Crippen LogP contribution in [0, 0.1) is 0 Å². The van der Waals surface area contributed by atoms with E-state index in [-0.39, 0.29) is 5.97 Å². The molecule has 1 aromatic carbocycles. The molecule has 0 aromatic heterocycles. The van der Waals surface area contributed by atoms with Crippen LogP contribution in [-0.4, -0.2) is 17.9 Å². The quantitative estimate of drug-likeness (QED) is 0.586. The summed E-state index contributed by atoms with van der Waals surface area (Å²) < 4.78 is 5.05. The molecule has 17 heavy (non-hydrogen) atoms. The maximum absolute atomic E-state index is 11.8. The highest BCUT2D eigenvalue weighted by atomic mass is 79.9. The van der Waals surface area contributed by atoms with Gasteiger partial charge >= 0.3 is 5.97 Å². The number of benzene rings is 1. The predicted molar refractivity (Wildman–Crippen MR) is 74.1 cm³/mol. The molecule has 0 aliphatic heterocycles. The molecule has 1 aromatic rings. The first-order valence-corrected chi connectivity index (χ1v) is 7.29. The molecule has 0 spiro atoms. The molecular formula is C13H16BrClO2. The van der Waals surface area contributed by atoms with Gasteiger partial charge in [0.15, 0.2) is 0 Å². The van der Waals surface area contributed by atoms with Crippen molar-refractivity contribution in [3.8, 4) is 0 Å². The van der Waals surface area contributed by atoms with Gasteiger partial charge in [0.2, 0.25) is 0 Å². The maximum atomic E-state index is 11.8. The molecule has 2 nitrogen and oxygen atoms in total. The SMILES string of the molecule is CCOC(=O)c1cc(CCl)ccc1CCCBr. The van der Waals surface area contributed by atoms with E-state index in [0.717, 1.165) is 29.3 Å². The van der Waals surface area contributed by atoms with Gasteiger partial charge in [0.25, 0.3) is 0 Å². The zero-order valence-electron chi connectivity index (χ0n) is 9.84. The first-order valence-electron chi connectivity index (χ1n) is 5.63. The Bertz CT molecular complexity index is 380. The maximum Gasteiger partial charge on any atom is 0.338 e. The van der Waals surface area contributed by atoms with E-state index in [0.29, 0.717) is 18.1 Å². The van der Waals surface area contributed by atoms with Crippen molar-refractivity contribution in [2.75, 3.05) is 11.9 Å². The molecule has 0 saturated carbocycles. The lowest BCUT2D eigenvalue weighted by molar-refractivity contribution is 0.0525. The van der Waals surface area contributed by atoms with E-state index in [1.807, 2.05) is 25.1 Å². The van der Waals surface area contributed by atoms with Crippen molar-refractivity contribution >= 4 is 33.5 Å². The first kappa shape index (κ1) is 14.5. The smallest absolute Gasteiger partial charge is 0.338 e. The second-order valence-corrected chi connectivity index (χ2v) is 4.70. The minimum Gasteiger partial charge on any atom is -0.462 e. The molecule has 0 fully saturated rings. The van der Waals surface area contributed by atoms with Crippen molar-refractivity contribution < 1.29 is 9.53 Å². The number of carbonyl (C=O) groups is 1. The van der Waals surface area contributed by atoms with Gasteiger partial charge < -0.3 is 4.74 Å². The highest BCUT2D eigenvalue weighted by Crippen LogP contribution is 2.17. The summed E-state index contributed by atoms with van der Waals surface area (Å²) in [5.41, 5.74) is 2.61. The second-order valence-electron chi connectivity index (χ2n) is 3.64. The summed E-state index contributed by atoms with van der Waals surface area (Å²) in [4.78, 5) is 11.8. The lowest BCUT2D eigenvalue weighted by atomic mass is 10.0. The van der Waals surface area contributed by atoms with Crippen LogP contribution in [0.5, 0.6) is 0 Å². The van der Waals surface area contributed by atoms with Crippen LogP contribution in [0.1, 0.15) is 34.8 Å². The van der Waals surface area contributed by atoms with E-state index in [1.54, 1.807) is 0 Å². The van der Waals surface area contributed by atoms with Gasteiger partial charge in [-0.3, -0.25) is 0 Å². The first-order chi connectivity index (χ1) is 8.22. The highest BCUT2D eigenvalue weighted by Gasteiger charge is 2.12. The van der Waals surface area contributed by atoms with Crippen molar-refractivity contribution in [2.24, 2.45) is 0 Å². The van der Waals surface area contributed by atoms with E-state index < -0.39 is 0 Å². The fourth-order valence-electron chi connectivity index (χ4n) is 1.58. The van der Waals surface area contributed by atoms with Crippen molar-refractivity contribution in [2.45, 2.75) is 25.6 Å². The summed E-state index contributed by atoms with van der Waals surface area (Å²) in [6.07, 6.45) is 1.86. The van der Waals surface area contributed by atoms with Crippen LogP contribution in [0.25, 0.3) is 0 Å². The van der Waals surface area contributed by atoms with Gasteiger partial charge in [0, 0.05) is 11.2 Å². The Morgan fingerprint density at radius 2 is 2.24 bits per heavy atom. The Labute approximate surface area is 115 Å². The molecule has 0 aliphatic rings. The monoisotopic (exact) mass is 318 g/mol. The number of carbonyl (C=O) groups excluding carboxylic acids is 1. The summed E-state index contributed by atoms with van der Waals surface area (Å²) in [5, 5.41) is 0.923. The lowest BCUT2D eigenvalue weighted by Gasteiger charge is -2.09. The normalized spacial score (nSPS) is 10.3. The standard InChI is InChI=1S/C13H16BrClO2/c1-2-17-13(16)12-8-10(9-15)5-6-11(12)4-3-7-14/h5-6,8H,2-4,7,9H2,1H3. The second kappa shape index (κ2) is 7.72. The highest BCUT2D eigenvalue weighted by molar-refractivity contribution is 9.09. The number of hydrogen-bond donors (Lipinski definition) is 0. The Morgan fingerprint density at radius 3 is 2.82 bits per heavy atom. The molecule has 0 radical (unpaired) electrons. The largest absolute Gasteiger partial charge is 0.462 e. The molecule has 0 aliphatic carbocycles. The number of ether oxygens (including phenoxy) is 1. The van der Waals surface area contributed by atoms with E-state index in [9.17, 15) is 4.79 Å². The van der Waals surface area contributed by atoms with Crippen LogP contribution in [0.15, 0.2) is 18.2 Å². The number of hydrogen-bond acceptors (Lipinski definition) is 2. The summed E-state index contributed by atoms with van der Waals surface area (Å²) >= 11 is 9.17. The minimum atomic E-state index is -0.260. The summed E-state index contributed by atoms with van der Waals surface area (Å²) in [7, 11) is 0. The third kappa shape index (κ3) is 4.32.